The van der Waals surface area contributed by atoms with Gasteiger partial charge in [0.1, 0.15) is 5.75 Å². The van der Waals surface area contributed by atoms with Gasteiger partial charge in [0.25, 0.3) is 5.56 Å². The molecule has 0 aliphatic carbocycles. The fraction of sp³-hybridized carbons (Fsp3) is 0. The van der Waals surface area contributed by atoms with Crippen LogP contribution in [0.25, 0.3) is 6.08 Å². The molecule has 0 unspecified atom stereocenters. The molecule has 24 heavy (non-hydrogen) atoms. The first-order valence-electron chi connectivity index (χ1n) is 7.32. The van der Waals surface area contributed by atoms with E-state index in [9.17, 15) is 9.59 Å². The van der Waals surface area contributed by atoms with Crippen LogP contribution in [0.3, 0.4) is 0 Å². The van der Waals surface area contributed by atoms with Crippen molar-refractivity contribution in [2.75, 3.05) is 0 Å². The zero-order valence-corrected chi connectivity index (χ0v) is 12.7. The molecule has 1 heterocycles. The largest absolute Gasteiger partial charge is 0.438 e. The molecule has 5 nitrogen and oxygen atoms in total. The van der Waals surface area contributed by atoms with Gasteiger partial charge < -0.3 is 4.74 Å². The topological polar surface area (TPSA) is 72.1 Å². The molecule has 0 spiro atoms. The van der Waals surface area contributed by atoms with Gasteiger partial charge in [-0.15, -0.1) is 5.10 Å². The maximum absolute atomic E-state index is 12.1. The third-order valence-electron chi connectivity index (χ3n) is 3.24. The summed E-state index contributed by atoms with van der Waals surface area (Å²) in [6.45, 7) is 0. The van der Waals surface area contributed by atoms with Gasteiger partial charge in [-0.25, -0.2) is 5.10 Å². The second-order valence-corrected chi connectivity index (χ2v) is 4.99. The molecule has 0 atom stereocenters. The number of carbonyl (C=O) groups is 1. The zero-order chi connectivity index (χ0) is 16.8. The molecule has 1 N–H and O–H groups in total. The van der Waals surface area contributed by atoms with Crippen molar-refractivity contribution in [2.24, 2.45) is 0 Å². The van der Waals surface area contributed by atoms with Crippen LogP contribution in [0, 0.1) is 0 Å². The van der Waals surface area contributed by atoms with Gasteiger partial charge in [-0.2, -0.15) is 0 Å². The van der Waals surface area contributed by atoms with E-state index in [0.717, 1.165) is 5.56 Å². The van der Waals surface area contributed by atoms with E-state index >= 15 is 0 Å². The van der Waals surface area contributed by atoms with Crippen molar-refractivity contribution < 1.29 is 9.53 Å². The first-order valence-corrected chi connectivity index (χ1v) is 7.32. The molecule has 1 aromatic heterocycles. The Bertz CT molecular complexity index is 893. The van der Waals surface area contributed by atoms with Gasteiger partial charge in [-0.3, -0.25) is 9.59 Å². The number of benzene rings is 2. The first-order chi connectivity index (χ1) is 11.7. The summed E-state index contributed by atoms with van der Waals surface area (Å²) in [6, 6.07) is 19.1. The Hall–Kier alpha value is -3.47. The number of rotatable bonds is 5. The predicted molar refractivity (Wildman–Crippen MR) is 91.2 cm³/mol. The monoisotopic (exact) mass is 318 g/mol. The molecule has 3 rings (SSSR count). The summed E-state index contributed by atoms with van der Waals surface area (Å²) < 4.78 is 5.49. The van der Waals surface area contributed by atoms with E-state index in [4.69, 9.17) is 4.74 Å². The van der Waals surface area contributed by atoms with Gasteiger partial charge in [0, 0.05) is 17.7 Å². The number of aromatic nitrogens is 2. The quantitative estimate of drug-likeness (QED) is 0.577. The number of allylic oxidation sites excluding steroid dienone is 1. The molecular formula is C19H14N2O3. The number of carbonyl (C=O) groups excluding carboxylic acids is 1. The minimum absolute atomic E-state index is 0.0902. The fourth-order valence-electron chi connectivity index (χ4n) is 2.03. The summed E-state index contributed by atoms with van der Waals surface area (Å²) in [7, 11) is 0. The molecule has 0 bridgehead atoms. The maximum Gasteiger partial charge on any atom is 0.264 e. The van der Waals surface area contributed by atoms with Crippen LogP contribution in [-0.2, 0) is 0 Å². The highest BCUT2D eigenvalue weighted by atomic mass is 16.5. The molecular weight excluding hydrogens is 304 g/mol. The molecule has 0 aliphatic rings. The molecule has 0 aliphatic heterocycles. The number of aromatic amines is 1. The summed E-state index contributed by atoms with van der Waals surface area (Å²) in [5.41, 5.74) is 1.23. The van der Waals surface area contributed by atoms with Gasteiger partial charge in [0.05, 0.1) is 0 Å². The Kier molecular flexibility index (Phi) is 4.62. The van der Waals surface area contributed by atoms with Crippen LogP contribution in [0.1, 0.15) is 15.9 Å². The Morgan fingerprint density at radius 2 is 1.71 bits per heavy atom. The number of nitrogens with zero attached hydrogens (tertiary/aromatic N) is 1. The van der Waals surface area contributed by atoms with Crippen LogP contribution in [0.5, 0.6) is 11.6 Å². The molecule has 0 fully saturated rings. The lowest BCUT2D eigenvalue weighted by atomic mass is 10.1. The normalized spacial score (nSPS) is 10.7. The molecule has 5 heteroatoms. The van der Waals surface area contributed by atoms with Crippen LogP contribution in [-0.4, -0.2) is 16.0 Å². The standard InChI is InChI=1S/C19H14N2O3/c22-17(11-6-14-4-2-1-3-5-14)15-7-9-16(10-8-15)24-19-13-12-18(23)20-21-19/h1-13H,(H,20,23)/b11-6+. The van der Waals surface area contributed by atoms with Crippen LogP contribution < -0.4 is 10.3 Å². The van der Waals surface area contributed by atoms with E-state index < -0.39 is 0 Å². The smallest absolute Gasteiger partial charge is 0.264 e. The zero-order valence-electron chi connectivity index (χ0n) is 12.7. The molecule has 0 saturated carbocycles. The molecule has 0 saturated heterocycles. The van der Waals surface area contributed by atoms with Crippen LogP contribution in [0.2, 0.25) is 0 Å². The van der Waals surface area contributed by atoms with Crippen LogP contribution >= 0.6 is 0 Å². The highest BCUT2D eigenvalue weighted by molar-refractivity contribution is 6.06. The summed E-state index contributed by atoms with van der Waals surface area (Å²) in [5.74, 6) is 0.711. The van der Waals surface area contributed by atoms with Crippen molar-refractivity contribution in [1.29, 1.82) is 0 Å². The second kappa shape index (κ2) is 7.19. The first kappa shape index (κ1) is 15.4. The molecule has 118 valence electrons. The Balaban J connectivity index is 1.67. The Morgan fingerprint density at radius 3 is 2.38 bits per heavy atom. The predicted octanol–water partition coefficient (Wildman–Crippen LogP) is 3.46. The van der Waals surface area contributed by atoms with E-state index in [1.807, 2.05) is 30.3 Å². The van der Waals surface area contributed by atoms with E-state index in [-0.39, 0.29) is 17.2 Å². The van der Waals surface area contributed by atoms with Crippen molar-refractivity contribution in [3.05, 3.63) is 94.3 Å². The second-order valence-electron chi connectivity index (χ2n) is 4.99. The minimum Gasteiger partial charge on any atom is -0.438 e. The van der Waals surface area contributed by atoms with E-state index in [1.54, 1.807) is 30.3 Å². The summed E-state index contributed by atoms with van der Waals surface area (Å²) in [6.07, 6.45) is 3.31. The van der Waals surface area contributed by atoms with Crippen molar-refractivity contribution in [3.8, 4) is 11.6 Å². The van der Waals surface area contributed by atoms with Crippen LogP contribution in [0.4, 0.5) is 0 Å². The van der Waals surface area contributed by atoms with Gasteiger partial charge >= 0.3 is 0 Å². The molecule has 0 radical (unpaired) electrons. The van der Waals surface area contributed by atoms with E-state index in [1.165, 1.54) is 18.2 Å². The number of hydrogen-bond acceptors (Lipinski definition) is 4. The number of hydrogen-bond donors (Lipinski definition) is 1. The number of H-pyrrole nitrogens is 1. The minimum atomic E-state index is -0.298. The maximum atomic E-state index is 12.1. The Morgan fingerprint density at radius 1 is 0.958 bits per heavy atom. The average Bonchev–Trinajstić information content (AvgIpc) is 2.63. The van der Waals surface area contributed by atoms with Crippen molar-refractivity contribution in [2.45, 2.75) is 0 Å². The highest BCUT2D eigenvalue weighted by Crippen LogP contribution is 2.19. The highest BCUT2D eigenvalue weighted by Gasteiger charge is 2.03. The third kappa shape index (κ3) is 4.04. The number of ketones is 1. The van der Waals surface area contributed by atoms with Crippen molar-refractivity contribution >= 4 is 11.9 Å². The third-order valence-corrected chi connectivity index (χ3v) is 3.24. The van der Waals surface area contributed by atoms with Gasteiger partial charge in [-0.05, 0) is 35.9 Å². The lowest BCUT2D eigenvalue weighted by Crippen LogP contribution is -2.05. The molecule has 2 aromatic carbocycles. The van der Waals surface area contributed by atoms with Crippen molar-refractivity contribution in [3.63, 3.8) is 0 Å². The summed E-state index contributed by atoms with van der Waals surface area (Å²) >= 11 is 0. The van der Waals surface area contributed by atoms with Crippen LogP contribution in [0.15, 0.2) is 77.6 Å². The summed E-state index contributed by atoms with van der Waals surface area (Å²) in [4.78, 5) is 23.1. The molecule has 3 aromatic rings. The van der Waals surface area contributed by atoms with Gasteiger partial charge in [-0.1, -0.05) is 36.4 Å². The fourth-order valence-corrected chi connectivity index (χ4v) is 2.03. The van der Waals surface area contributed by atoms with Crippen molar-refractivity contribution in [1.82, 2.24) is 10.2 Å². The van der Waals surface area contributed by atoms with Gasteiger partial charge in [0.2, 0.25) is 5.88 Å². The number of nitrogens with one attached hydrogen (secondary N) is 1. The lowest BCUT2D eigenvalue weighted by Gasteiger charge is -2.04. The molecule has 0 amide bonds. The Labute approximate surface area is 138 Å². The van der Waals surface area contributed by atoms with Gasteiger partial charge in [0.15, 0.2) is 5.78 Å². The van der Waals surface area contributed by atoms with E-state index in [2.05, 4.69) is 10.2 Å². The summed E-state index contributed by atoms with van der Waals surface area (Å²) in [5, 5.41) is 6.04. The van der Waals surface area contributed by atoms with E-state index in [0.29, 0.717) is 11.3 Å². The number of ether oxygens (including phenoxy) is 1. The SMILES string of the molecule is O=C(/C=C/c1ccccc1)c1ccc(Oc2ccc(=O)[nH]n2)cc1. The lowest BCUT2D eigenvalue weighted by molar-refractivity contribution is 0.104. The average molecular weight is 318 g/mol.